The highest BCUT2D eigenvalue weighted by molar-refractivity contribution is 5.91. The Kier molecular flexibility index (Phi) is 4.62. The number of nitrogens with one attached hydrogen (secondary N) is 1. The van der Waals surface area contributed by atoms with E-state index in [0.717, 1.165) is 31.6 Å². The van der Waals surface area contributed by atoms with Crippen molar-refractivity contribution in [1.82, 2.24) is 24.9 Å². The van der Waals surface area contributed by atoms with Crippen molar-refractivity contribution >= 4 is 11.7 Å². The number of ether oxygens (including phenoxy) is 1. The quantitative estimate of drug-likeness (QED) is 0.818. The number of aryl methyl sites for hydroxylation is 1. The van der Waals surface area contributed by atoms with E-state index in [-0.39, 0.29) is 11.7 Å². The Bertz CT molecular complexity index is 648. The molecule has 3 heterocycles. The first-order valence-corrected chi connectivity index (χ1v) is 7.82. The minimum atomic E-state index is -0.213. The van der Waals surface area contributed by atoms with Crippen molar-refractivity contribution in [1.29, 1.82) is 0 Å². The van der Waals surface area contributed by atoms with Gasteiger partial charge in [-0.05, 0) is 45.1 Å². The standard InChI is InChI=1S/C15H21N5O2/c1-11-7-9-20-13(18-19-15(20)17-11)14(21)16-8-3-2-5-12-6-4-10-22-12/h7,9,12H,2-6,8,10H2,1H3,(H,16,21). The SMILES string of the molecule is Cc1ccn2c(C(=O)NCCCCC3CCCO3)nnc2n1. The summed E-state index contributed by atoms with van der Waals surface area (Å²) in [5.41, 5.74) is 0.848. The molecular weight excluding hydrogens is 282 g/mol. The van der Waals surface area contributed by atoms with Crippen LogP contribution in [0.3, 0.4) is 0 Å². The van der Waals surface area contributed by atoms with E-state index in [1.54, 1.807) is 10.6 Å². The lowest BCUT2D eigenvalue weighted by Gasteiger charge is -2.08. The van der Waals surface area contributed by atoms with Crippen LogP contribution in [0.15, 0.2) is 12.3 Å². The zero-order valence-corrected chi connectivity index (χ0v) is 12.8. The second-order valence-corrected chi connectivity index (χ2v) is 5.65. The molecule has 1 atom stereocenters. The largest absolute Gasteiger partial charge is 0.378 e. The minimum Gasteiger partial charge on any atom is -0.378 e. The van der Waals surface area contributed by atoms with Crippen LogP contribution >= 0.6 is 0 Å². The van der Waals surface area contributed by atoms with Crippen LogP contribution in [0.4, 0.5) is 0 Å². The molecule has 0 bridgehead atoms. The number of hydrogen-bond donors (Lipinski definition) is 1. The van der Waals surface area contributed by atoms with Gasteiger partial charge in [-0.2, -0.15) is 0 Å². The summed E-state index contributed by atoms with van der Waals surface area (Å²) in [5.74, 6) is 0.514. The van der Waals surface area contributed by atoms with Gasteiger partial charge < -0.3 is 10.1 Å². The lowest BCUT2D eigenvalue weighted by molar-refractivity contribution is 0.0936. The number of aromatic nitrogens is 4. The van der Waals surface area contributed by atoms with E-state index in [2.05, 4.69) is 20.5 Å². The van der Waals surface area contributed by atoms with E-state index in [4.69, 9.17) is 4.74 Å². The lowest BCUT2D eigenvalue weighted by Crippen LogP contribution is -2.26. The highest BCUT2D eigenvalue weighted by Crippen LogP contribution is 2.17. The second kappa shape index (κ2) is 6.83. The lowest BCUT2D eigenvalue weighted by atomic mass is 10.1. The van der Waals surface area contributed by atoms with Gasteiger partial charge in [0.1, 0.15) is 0 Å². The van der Waals surface area contributed by atoms with Gasteiger partial charge in [-0.1, -0.05) is 0 Å². The molecule has 0 aromatic carbocycles. The Balaban J connectivity index is 1.46. The fourth-order valence-electron chi connectivity index (χ4n) is 2.68. The predicted octanol–water partition coefficient (Wildman–Crippen LogP) is 1.51. The van der Waals surface area contributed by atoms with Crippen molar-refractivity contribution < 1.29 is 9.53 Å². The molecule has 0 saturated carbocycles. The van der Waals surface area contributed by atoms with E-state index in [0.29, 0.717) is 18.4 Å². The van der Waals surface area contributed by atoms with Gasteiger partial charge in [-0.3, -0.25) is 9.20 Å². The van der Waals surface area contributed by atoms with Crippen LogP contribution in [-0.4, -0.2) is 44.7 Å². The number of carbonyl (C=O) groups excluding carboxylic acids is 1. The van der Waals surface area contributed by atoms with Gasteiger partial charge in [0, 0.05) is 25.0 Å². The van der Waals surface area contributed by atoms with Crippen LogP contribution in [-0.2, 0) is 4.74 Å². The fourth-order valence-corrected chi connectivity index (χ4v) is 2.68. The second-order valence-electron chi connectivity index (χ2n) is 5.65. The monoisotopic (exact) mass is 303 g/mol. The summed E-state index contributed by atoms with van der Waals surface area (Å²) < 4.78 is 7.19. The maximum absolute atomic E-state index is 12.1. The third-order valence-corrected chi connectivity index (χ3v) is 3.88. The van der Waals surface area contributed by atoms with Gasteiger partial charge in [-0.25, -0.2) is 4.98 Å². The number of hydrogen-bond acceptors (Lipinski definition) is 5. The fraction of sp³-hybridized carbons (Fsp3) is 0.600. The minimum absolute atomic E-state index is 0.213. The van der Waals surface area contributed by atoms with Gasteiger partial charge in [0.05, 0.1) is 6.10 Å². The van der Waals surface area contributed by atoms with Crippen molar-refractivity contribution in [2.75, 3.05) is 13.2 Å². The van der Waals surface area contributed by atoms with E-state index in [1.165, 1.54) is 12.8 Å². The van der Waals surface area contributed by atoms with Crippen LogP contribution in [0.5, 0.6) is 0 Å². The molecule has 1 aliphatic heterocycles. The normalized spacial score (nSPS) is 18.0. The van der Waals surface area contributed by atoms with Crippen LogP contribution in [0, 0.1) is 6.92 Å². The zero-order valence-electron chi connectivity index (χ0n) is 12.8. The summed E-state index contributed by atoms with van der Waals surface area (Å²) >= 11 is 0. The summed E-state index contributed by atoms with van der Waals surface area (Å²) in [5, 5.41) is 10.7. The Hall–Kier alpha value is -2.02. The molecule has 1 aliphatic rings. The first-order valence-electron chi connectivity index (χ1n) is 7.82. The molecule has 1 fully saturated rings. The van der Waals surface area contributed by atoms with Crippen molar-refractivity contribution in [2.24, 2.45) is 0 Å². The van der Waals surface area contributed by atoms with Crippen molar-refractivity contribution in [2.45, 2.75) is 45.1 Å². The molecule has 0 aliphatic carbocycles. The first kappa shape index (κ1) is 14.9. The molecule has 1 unspecified atom stereocenters. The van der Waals surface area contributed by atoms with Crippen LogP contribution in [0.25, 0.3) is 5.78 Å². The average molecular weight is 303 g/mol. The Morgan fingerprint density at radius 2 is 2.36 bits per heavy atom. The Morgan fingerprint density at radius 1 is 1.45 bits per heavy atom. The molecule has 7 heteroatoms. The van der Waals surface area contributed by atoms with Crippen molar-refractivity contribution in [3.8, 4) is 0 Å². The average Bonchev–Trinajstić information content (AvgIpc) is 3.15. The molecule has 7 nitrogen and oxygen atoms in total. The van der Waals surface area contributed by atoms with Crippen molar-refractivity contribution in [3.05, 3.63) is 23.8 Å². The molecule has 1 saturated heterocycles. The number of amides is 1. The third kappa shape index (κ3) is 3.41. The maximum Gasteiger partial charge on any atom is 0.289 e. The number of fused-ring (bicyclic) bond motifs is 1. The smallest absolute Gasteiger partial charge is 0.289 e. The molecule has 2 aromatic heterocycles. The molecule has 22 heavy (non-hydrogen) atoms. The van der Waals surface area contributed by atoms with Crippen molar-refractivity contribution in [3.63, 3.8) is 0 Å². The van der Waals surface area contributed by atoms with Gasteiger partial charge in [0.2, 0.25) is 5.82 Å². The Morgan fingerprint density at radius 3 is 3.18 bits per heavy atom. The number of unbranched alkanes of at least 4 members (excludes halogenated alkanes) is 1. The first-order chi connectivity index (χ1) is 10.7. The zero-order chi connectivity index (χ0) is 15.4. The van der Waals surface area contributed by atoms with E-state index >= 15 is 0 Å². The number of nitrogens with zero attached hydrogens (tertiary/aromatic N) is 4. The van der Waals surface area contributed by atoms with E-state index < -0.39 is 0 Å². The maximum atomic E-state index is 12.1. The molecule has 1 N–H and O–H groups in total. The summed E-state index contributed by atoms with van der Waals surface area (Å²) in [7, 11) is 0. The van der Waals surface area contributed by atoms with E-state index in [1.807, 2.05) is 13.0 Å². The summed E-state index contributed by atoms with van der Waals surface area (Å²) in [6.07, 6.45) is 7.62. The molecule has 3 rings (SSSR count). The molecule has 2 aromatic rings. The van der Waals surface area contributed by atoms with Gasteiger partial charge in [0.25, 0.3) is 11.7 Å². The van der Waals surface area contributed by atoms with Gasteiger partial charge >= 0.3 is 0 Å². The van der Waals surface area contributed by atoms with Gasteiger partial charge in [-0.15, -0.1) is 10.2 Å². The van der Waals surface area contributed by atoms with Crippen LogP contribution in [0.1, 0.15) is 48.4 Å². The molecule has 118 valence electrons. The molecule has 0 spiro atoms. The van der Waals surface area contributed by atoms with Crippen LogP contribution < -0.4 is 5.32 Å². The van der Waals surface area contributed by atoms with Gasteiger partial charge in [0.15, 0.2) is 0 Å². The molecule has 1 amide bonds. The summed E-state index contributed by atoms with van der Waals surface area (Å²) in [6, 6.07) is 1.83. The third-order valence-electron chi connectivity index (χ3n) is 3.88. The number of rotatable bonds is 6. The predicted molar refractivity (Wildman–Crippen MR) is 80.7 cm³/mol. The van der Waals surface area contributed by atoms with E-state index in [9.17, 15) is 4.79 Å². The molecule has 0 radical (unpaired) electrons. The molecular formula is C15H21N5O2. The van der Waals surface area contributed by atoms with Crippen LogP contribution in [0.2, 0.25) is 0 Å². The topological polar surface area (TPSA) is 81.4 Å². The summed E-state index contributed by atoms with van der Waals surface area (Å²) in [4.78, 5) is 16.4. The summed E-state index contributed by atoms with van der Waals surface area (Å²) in [6.45, 7) is 3.41. The number of carbonyl (C=O) groups is 1. The highest BCUT2D eigenvalue weighted by Gasteiger charge is 2.16. The highest BCUT2D eigenvalue weighted by atomic mass is 16.5. The Labute approximate surface area is 129 Å².